The minimum Gasteiger partial charge on any atom is -0.384 e. The van der Waals surface area contributed by atoms with Crippen LogP contribution in [-0.4, -0.2) is 16.7 Å². The highest BCUT2D eigenvalue weighted by atomic mass is 79.9. The van der Waals surface area contributed by atoms with Gasteiger partial charge in [-0.2, -0.15) is 13.8 Å². The lowest BCUT2D eigenvalue weighted by Gasteiger charge is -2.27. The smallest absolute Gasteiger partial charge is 0.322 e. The molecule has 0 spiro atoms. The van der Waals surface area contributed by atoms with Crippen molar-refractivity contribution in [1.29, 1.82) is 0 Å². The lowest BCUT2D eigenvalue weighted by Crippen LogP contribution is -2.24. The standard InChI is InChI=1S/C18H19BrF3N3O/c1-16(21,22)15-24-14(25-26-15)18-6-4-17(9-18,5-7-18)10-23-11-2-3-13(20)12(19)8-11/h2-3,8,23H,4-7,9-10H2,1H3. The minimum atomic E-state index is -3.12. The van der Waals surface area contributed by atoms with Gasteiger partial charge in [-0.05, 0) is 71.6 Å². The Bertz CT molecular complexity index is 825. The number of anilines is 1. The van der Waals surface area contributed by atoms with Crippen LogP contribution in [0.15, 0.2) is 27.2 Å². The molecule has 0 atom stereocenters. The van der Waals surface area contributed by atoms with Crippen molar-refractivity contribution in [1.82, 2.24) is 10.1 Å². The molecule has 0 amide bonds. The van der Waals surface area contributed by atoms with Crippen molar-refractivity contribution >= 4 is 21.6 Å². The molecule has 1 N–H and O–H groups in total. The maximum atomic E-state index is 13.4. The second-order valence-corrected chi connectivity index (χ2v) is 8.61. The van der Waals surface area contributed by atoms with Gasteiger partial charge in [-0.1, -0.05) is 5.16 Å². The second kappa shape index (κ2) is 5.97. The van der Waals surface area contributed by atoms with E-state index in [0.29, 0.717) is 10.3 Å². The molecular formula is C18H19BrF3N3O. The predicted octanol–water partition coefficient (Wildman–Crippen LogP) is 5.40. The van der Waals surface area contributed by atoms with Gasteiger partial charge in [-0.25, -0.2) is 4.39 Å². The monoisotopic (exact) mass is 429 g/mol. The fraction of sp³-hybridized carbons (Fsp3) is 0.556. The van der Waals surface area contributed by atoms with E-state index in [1.807, 2.05) is 0 Å². The molecule has 0 saturated heterocycles. The van der Waals surface area contributed by atoms with Gasteiger partial charge in [-0.3, -0.25) is 0 Å². The lowest BCUT2D eigenvalue weighted by molar-refractivity contribution is -0.0158. The Balaban J connectivity index is 1.47. The molecule has 0 radical (unpaired) electrons. The van der Waals surface area contributed by atoms with Crippen LogP contribution in [0.5, 0.6) is 0 Å². The first-order valence-electron chi connectivity index (χ1n) is 8.63. The summed E-state index contributed by atoms with van der Waals surface area (Å²) in [6.45, 7) is 1.52. The van der Waals surface area contributed by atoms with E-state index in [4.69, 9.17) is 4.52 Å². The van der Waals surface area contributed by atoms with Gasteiger partial charge < -0.3 is 9.84 Å². The van der Waals surface area contributed by atoms with E-state index >= 15 is 0 Å². The molecule has 2 fully saturated rings. The van der Waals surface area contributed by atoms with Crippen molar-refractivity contribution in [2.45, 2.75) is 50.4 Å². The van der Waals surface area contributed by atoms with Crippen molar-refractivity contribution in [3.05, 3.63) is 40.2 Å². The molecule has 0 unspecified atom stereocenters. The van der Waals surface area contributed by atoms with Crippen LogP contribution in [0.25, 0.3) is 0 Å². The number of alkyl halides is 2. The highest BCUT2D eigenvalue weighted by Crippen LogP contribution is 2.61. The lowest BCUT2D eigenvalue weighted by atomic mass is 9.81. The molecule has 2 saturated carbocycles. The zero-order valence-corrected chi connectivity index (χ0v) is 15.9. The summed E-state index contributed by atoms with van der Waals surface area (Å²) in [6, 6.07) is 4.85. The van der Waals surface area contributed by atoms with Crippen molar-refractivity contribution in [2.75, 3.05) is 11.9 Å². The SMILES string of the molecule is CC(F)(F)c1nc(C23CCC(CNc4ccc(F)c(Br)c4)(CC2)C3)no1. The molecule has 2 bridgehead atoms. The summed E-state index contributed by atoms with van der Waals surface area (Å²) in [7, 11) is 0. The molecular weight excluding hydrogens is 411 g/mol. The predicted molar refractivity (Wildman–Crippen MR) is 93.7 cm³/mol. The van der Waals surface area contributed by atoms with Crippen LogP contribution >= 0.6 is 15.9 Å². The summed E-state index contributed by atoms with van der Waals surface area (Å²) < 4.78 is 45.4. The number of nitrogens with one attached hydrogen (secondary N) is 1. The minimum absolute atomic E-state index is 0.0798. The number of aromatic nitrogens is 2. The van der Waals surface area contributed by atoms with Gasteiger partial charge in [0.15, 0.2) is 5.82 Å². The quantitative estimate of drug-likeness (QED) is 0.691. The fourth-order valence-electron chi connectivity index (χ4n) is 4.39. The summed E-state index contributed by atoms with van der Waals surface area (Å²) in [4.78, 5) is 4.01. The topological polar surface area (TPSA) is 51.0 Å². The van der Waals surface area contributed by atoms with Crippen molar-refractivity contribution in [3.63, 3.8) is 0 Å². The molecule has 2 aliphatic carbocycles. The molecule has 0 aliphatic heterocycles. The van der Waals surface area contributed by atoms with Gasteiger partial charge in [0.25, 0.3) is 5.89 Å². The first kappa shape index (κ1) is 17.8. The summed E-state index contributed by atoms with van der Waals surface area (Å²) in [5.74, 6) is -3.61. The second-order valence-electron chi connectivity index (χ2n) is 7.75. The Morgan fingerprint density at radius 2 is 2.00 bits per heavy atom. The molecule has 4 nitrogen and oxygen atoms in total. The van der Waals surface area contributed by atoms with Crippen LogP contribution in [0.1, 0.15) is 50.7 Å². The summed E-state index contributed by atoms with van der Waals surface area (Å²) >= 11 is 3.19. The molecule has 1 heterocycles. The number of benzene rings is 1. The first-order chi connectivity index (χ1) is 12.2. The van der Waals surface area contributed by atoms with Gasteiger partial charge in [0, 0.05) is 24.6 Å². The third-order valence-corrected chi connectivity index (χ3v) is 6.45. The third kappa shape index (κ3) is 3.02. The number of fused-ring (bicyclic) bond motifs is 2. The molecule has 1 aromatic heterocycles. The Hall–Kier alpha value is -1.57. The van der Waals surface area contributed by atoms with Crippen LogP contribution in [0.4, 0.5) is 18.9 Å². The van der Waals surface area contributed by atoms with Gasteiger partial charge in [0.05, 0.1) is 4.47 Å². The Labute approximate surface area is 157 Å². The molecule has 1 aromatic carbocycles. The number of hydrogen-bond donors (Lipinski definition) is 1. The number of nitrogens with zero attached hydrogens (tertiary/aromatic N) is 2. The fourth-order valence-corrected chi connectivity index (χ4v) is 4.76. The third-order valence-electron chi connectivity index (χ3n) is 5.84. The van der Waals surface area contributed by atoms with E-state index in [2.05, 4.69) is 31.4 Å². The number of hydrogen-bond acceptors (Lipinski definition) is 4. The van der Waals surface area contributed by atoms with E-state index in [1.54, 1.807) is 12.1 Å². The molecule has 2 aliphatic rings. The first-order valence-corrected chi connectivity index (χ1v) is 9.42. The van der Waals surface area contributed by atoms with Crippen molar-refractivity contribution in [2.24, 2.45) is 5.41 Å². The Morgan fingerprint density at radius 3 is 2.62 bits per heavy atom. The van der Waals surface area contributed by atoms with Crippen LogP contribution in [0.2, 0.25) is 0 Å². The zero-order chi connectivity index (χ0) is 18.6. The van der Waals surface area contributed by atoms with Crippen LogP contribution in [-0.2, 0) is 11.3 Å². The largest absolute Gasteiger partial charge is 0.384 e. The van der Waals surface area contributed by atoms with Crippen molar-refractivity contribution in [3.8, 4) is 0 Å². The van der Waals surface area contributed by atoms with E-state index in [9.17, 15) is 13.2 Å². The highest BCUT2D eigenvalue weighted by Gasteiger charge is 2.57. The molecule has 8 heteroatoms. The Kier molecular flexibility index (Phi) is 4.09. The summed E-state index contributed by atoms with van der Waals surface area (Å²) in [5.41, 5.74) is 0.665. The van der Waals surface area contributed by atoms with E-state index < -0.39 is 11.8 Å². The molecule has 140 valence electrons. The van der Waals surface area contributed by atoms with E-state index in [-0.39, 0.29) is 16.6 Å². The normalized spacial score (nSPS) is 27.9. The summed E-state index contributed by atoms with van der Waals surface area (Å²) in [5, 5.41) is 7.26. The average Bonchev–Trinajstić information content (AvgIpc) is 3.29. The van der Waals surface area contributed by atoms with Crippen LogP contribution in [0, 0.1) is 11.2 Å². The van der Waals surface area contributed by atoms with Crippen molar-refractivity contribution < 1.29 is 17.7 Å². The van der Waals surface area contributed by atoms with Gasteiger partial charge in [0.2, 0.25) is 0 Å². The molecule has 2 aromatic rings. The van der Waals surface area contributed by atoms with Crippen LogP contribution < -0.4 is 5.32 Å². The maximum absolute atomic E-state index is 13.4. The van der Waals surface area contributed by atoms with Crippen LogP contribution in [0.3, 0.4) is 0 Å². The number of rotatable bonds is 5. The molecule has 26 heavy (non-hydrogen) atoms. The van der Waals surface area contributed by atoms with Gasteiger partial charge in [0.1, 0.15) is 5.82 Å². The summed E-state index contributed by atoms with van der Waals surface area (Å²) in [6.07, 6.45) is 4.55. The zero-order valence-electron chi connectivity index (χ0n) is 14.3. The van der Waals surface area contributed by atoms with E-state index in [1.165, 1.54) is 6.07 Å². The maximum Gasteiger partial charge on any atom is 0.322 e. The average molecular weight is 430 g/mol. The van der Waals surface area contributed by atoms with Gasteiger partial charge in [-0.15, -0.1) is 0 Å². The molecule has 4 rings (SSSR count). The highest BCUT2D eigenvalue weighted by molar-refractivity contribution is 9.10. The van der Waals surface area contributed by atoms with Gasteiger partial charge >= 0.3 is 5.92 Å². The Morgan fingerprint density at radius 1 is 1.27 bits per heavy atom. The van der Waals surface area contributed by atoms with E-state index in [0.717, 1.165) is 51.3 Å². The number of halogens is 4.